The van der Waals surface area contributed by atoms with Gasteiger partial charge in [0.1, 0.15) is 18.5 Å². The number of piperazine rings is 1. The van der Waals surface area contributed by atoms with E-state index in [9.17, 15) is 9.90 Å². The number of ether oxygens (including phenoxy) is 1. The number of β-amino-alcohol motifs (C(OH)–C–C–N with tert-alkyl or cyclic N) is 1. The Kier molecular flexibility index (Phi) is 12.5. The smallest absolute Gasteiger partial charge is 0.225 e. The van der Waals surface area contributed by atoms with Crippen LogP contribution in [-0.4, -0.2) is 95.3 Å². The fraction of sp³-hybridized carbons (Fsp3) is 0.463. The van der Waals surface area contributed by atoms with E-state index in [1.54, 1.807) is 6.20 Å². The molecule has 0 saturated carbocycles. The van der Waals surface area contributed by atoms with Gasteiger partial charge in [-0.3, -0.25) is 14.7 Å². The summed E-state index contributed by atoms with van der Waals surface area (Å²) in [5, 5.41) is 11.7. The predicted molar refractivity (Wildman–Crippen MR) is 193 cm³/mol. The van der Waals surface area contributed by atoms with Crippen LogP contribution in [0, 0.1) is 5.92 Å². The zero-order valence-corrected chi connectivity index (χ0v) is 28.3. The monoisotopic (exact) mass is 648 g/mol. The maximum Gasteiger partial charge on any atom is 0.225 e. The molecule has 0 aliphatic carbocycles. The molecule has 2 aliphatic heterocycles. The lowest BCUT2D eigenvalue weighted by molar-refractivity contribution is -0.138. The number of aryl methyl sites for hydroxylation is 2. The van der Waals surface area contributed by atoms with E-state index >= 15 is 0 Å². The van der Waals surface area contributed by atoms with Crippen LogP contribution in [-0.2, 0) is 17.6 Å². The van der Waals surface area contributed by atoms with Gasteiger partial charge in [-0.1, -0.05) is 72.8 Å². The first-order valence-corrected chi connectivity index (χ1v) is 18.1. The molecule has 0 bridgehead atoms. The minimum atomic E-state index is -0.545. The molecule has 4 aromatic rings. The number of hydrogen-bond donors (Lipinski definition) is 1. The van der Waals surface area contributed by atoms with Gasteiger partial charge in [0.15, 0.2) is 0 Å². The molecule has 1 amide bonds. The lowest BCUT2D eigenvalue weighted by atomic mass is 9.92. The number of amides is 1. The Morgan fingerprint density at radius 3 is 2.02 bits per heavy atom. The minimum Gasteiger partial charge on any atom is -0.490 e. The van der Waals surface area contributed by atoms with Gasteiger partial charge in [-0.2, -0.15) is 0 Å². The summed E-state index contributed by atoms with van der Waals surface area (Å²) in [5.74, 6) is 1.23. The van der Waals surface area contributed by atoms with Gasteiger partial charge in [-0.25, -0.2) is 0 Å². The Labute approximate surface area is 286 Å². The van der Waals surface area contributed by atoms with Crippen LogP contribution in [0.2, 0.25) is 0 Å². The highest BCUT2D eigenvalue weighted by molar-refractivity contribution is 5.84. The molecule has 1 aromatic heterocycles. The van der Waals surface area contributed by atoms with Gasteiger partial charge < -0.3 is 19.6 Å². The molecule has 0 unspecified atom stereocenters. The molecule has 0 spiro atoms. The summed E-state index contributed by atoms with van der Waals surface area (Å²) in [6.45, 7) is 6.39. The van der Waals surface area contributed by atoms with Crippen molar-refractivity contribution < 1.29 is 14.6 Å². The van der Waals surface area contributed by atoms with Crippen molar-refractivity contribution in [2.75, 3.05) is 52.4 Å². The molecule has 6 rings (SSSR count). The van der Waals surface area contributed by atoms with Gasteiger partial charge in [0.25, 0.3) is 0 Å². The van der Waals surface area contributed by atoms with Crippen molar-refractivity contribution in [1.82, 2.24) is 19.7 Å². The maximum absolute atomic E-state index is 13.9. The highest BCUT2D eigenvalue weighted by Crippen LogP contribution is 2.25. The van der Waals surface area contributed by atoms with Crippen molar-refractivity contribution in [2.24, 2.45) is 5.92 Å². The number of likely N-dealkylation sites (tertiary alicyclic amines) is 1. The number of pyridine rings is 1. The average Bonchev–Trinajstić information content (AvgIpc) is 3.14. The molecule has 1 atom stereocenters. The van der Waals surface area contributed by atoms with Gasteiger partial charge in [0.05, 0.1) is 5.52 Å². The molecule has 2 fully saturated rings. The number of aliphatic hydroxyl groups excluding tert-OH is 1. The fourth-order valence-corrected chi connectivity index (χ4v) is 7.55. The number of benzene rings is 3. The molecular formula is C41H52N4O3. The van der Waals surface area contributed by atoms with Crippen molar-refractivity contribution in [3.8, 4) is 5.75 Å². The van der Waals surface area contributed by atoms with E-state index in [4.69, 9.17) is 4.74 Å². The van der Waals surface area contributed by atoms with Gasteiger partial charge >= 0.3 is 0 Å². The summed E-state index contributed by atoms with van der Waals surface area (Å²) in [6.07, 6.45) is 9.46. The SMILES string of the molecule is O=C(C(CCCc1ccccc1)CCCc1ccccc1)N1CCN(C2CCN(C[C@H](O)COc3ccnc4ccccc34)CC2)CC1. The van der Waals surface area contributed by atoms with E-state index in [1.165, 1.54) is 11.1 Å². The number of hydrogen-bond acceptors (Lipinski definition) is 6. The van der Waals surface area contributed by atoms with E-state index in [0.717, 1.165) is 107 Å². The third kappa shape index (κ3) is 9.65. The third-order valence-corrected chi connectivity index (χ3v) is 10.3. The van der Waals surface area contributed by atoms with Crippen LogP contribution in [0.3, 0.4) is 0 Å². The Morgan fingerprint density at radius 1 is 0.771 bits per heavy atom. The molecule has 0 radical (unpaired) electrons. The second-order valence-corrected chi connectivity index (χ2v) is 13.6. The molecule has 7 heteroatoms. The molecule has 2 aliphatic rings. The largest absolute Gasteiger partial charge is 0.490 e. The minimum absolute atomic E-state index is 0.0971. The number of aliphatic hydroxyl groups is 1. The third-order valence-electron chi connectivity index (χ3n) is 10.3. The molecule has 7 nitrogen and oxygen atoms in total. The van der Waals surface area contributed by atoms with Gasteiger partial charge in [-0.05, 0) is 93.8 Å². The summed E-state index contributed by atoms with van der Waals surface area (Å²) >= 11 is 0. The number of para-hydroxylation sites is 1. The standard InChI is InChI=1S/C41H52N4O3/c46-37(32-48-40-21-24-42-39-20-8-7-19-38(39)40)31-43-25-22-36(23-26-43)44-27-29-45(30-28-44)41(47)35(17-9-15-33-11-3-1-4-12-33)18-10-16-34-13-5-2-6-14-34/h1-8,11-14,19-21,24,35-37,46H,9-10,15-18,22-23,25-32H2/t37-/m0/s1. The Morgan fingerprint density at radius 2 is 1.38 bits per heavy atom. The van der Waals surface area contributed by atoms with Gasteiger partial charge in [-0.15, -0.1) is 0 Å². The predicted octanol–water partition coefficient (Wildman–Crippen LogP) is 6.25. The lowest BCUT2D eigenvalue weighted by Gasteiger charge is -2.43. The number of carbonyl (C=O) groups excluding carboxylic acids is 1. The molecule has 2 saturated heterocycles. The molecule has 254 valence electrons. The normalized spacial score (nSPS) is 17.2. The van der Waals surface area contributed by atoms with Crippen molar-refractivity contribution in [1.29, 1.82) is 0 Å². The second kappa shape index (κ2) is 17.6. The summed E-state index contributed by atoms with van der Waals surface area (Å²) in [4.78, 5) is 25.4. The summed E-state index contributed by atoms with van der Waals surface area (Å²) in [5.41, 5.74) is 3.61. The molecule has 1 N–H and O–H groups in total. The number of aromatic nitrogens is 1. The van der Waals surface area contributed by atoms with Crippen LogP contribution >= 0.6 is 0 Å². The average molecular weight is 649 g/mol. The van der Waals surface area contributed by atoms with Crippen molar-refractivity contribution in [3.05, 3.63) is 108 Å². The van der Waals surface area contributed by atoms with Crippen LogP contribution in [0.1, 0.15) is 49.7 Å². The zero-order chi connectivity index (χ0) is 33.0. The number of nitrogens with zero attached hydrogens (tertiary/aromatic N) is 4. The van der Waals surface area contributed by atoms with Crippen molar-refractivity contribution >= 4 is 16.8 Å². The number of fused-ring (bicyclic) bond motifs is 1. The van der Waals surface area contributed by atoms with Crippen molar-refractivity contribution in [3.63, 3.8) is 0 Å². The van der Waals surface area contributed by atoms with Gasteiger partial charge in [0.2, 0.25) is 5.91 Å². The van der Waals surface area contributed by atoms with E-state index in [2.05, 4.69) is 80.3 Å². The summed E-state index contributed by atoms with van der Waals surface area (Å²) in [7, 11) is 0. The van der Waals surface area contributed by atoms with Crippen molar-refractivity contribution in [2.45, 2.75) is 63.5 Å². The quantitative estimate of drug-likeness (QED) is 0.165. The van der Waals surface area contributed by atoms with Crippen LogP contribution < -0.4 is 4.74 Å². The van der Waals surface area contributed by atoms with Crippen LogP contribution in [0.4, 0.5) is 0 Å². The molecule has 48 heavy (non-hydrogen) atoms. The van der Waals surface area contributed by atoms with E-state index in [0.29, 0.717) is 18.5 Å². The van der Waals surface area contributed by atoms with Crippen LogP contribution in [0.15, 0.2) is 97.2 Å². The fourth-order valence-electron chi connectivity index (χ4n) is 7.55. The van der Waals surface area contributed by atoms with E-state index < -0.39 is 6.10 Å². The van der Waals surface area contributed by atoms with E-state index in [1.807, 2.05) is 30.3 Å². The molecule has 3 heterocycles. The highest BCUT2D eigenvalue weighted by atomic mass is 16.5. The Bertz CT molecular complexity index is 1480. The lowest BCUT2D eigenvalue weighted by Crippen LogP contribution is -2.55. The topological polar surface area (TPSA) is 69.1 Å². The first-order valence-electron chi connectivity index (χ1n) is 18.1. The molecule has 3 aromatic carbocycles. The number of rotatable bonds is 15. The number of piperidine rings is 1. The first-order chi connectivity index (χ1) is 23.6. The number of carbonyl (C=O) groups is 1. The first kappa shape index (κ1) is 34.1. The van der Waals surface area contributed by atoms with Crippen LogP contribution in [0.5, 0.6) is 5.75 Å². The Hall–Kier alpha value is -3.78. The maximum atomic E-state index is 13.9. The summed E-state index contributed by atoms with van der Waals surface area (Å²) in [6, 6.07) is 31.7. The second-order valence-electron chi connectivity index (χ2n) is 13.6. The summed E-state index contributed by atoms with van der Waals surface area (Å²) < 4.78 is 6.01. The highest BCUT2D eigenvalue weighted by Gasteiger charge is 2.31. The van der Waals surface area contributed by atoms with E-state index in [-0.39, 0.29) is 12.5 Å². The van der Waals surface area contributed by atoms with Gasteiger partial charge in [0, 0.05) is 56.3 Å². The molecular weight excluding hydrogens is 596 g/mol. The van der Waals surface area contributed by atoms with Crippen LogP contribution in [0.25, 0.3) is 10.9 Å². The zero-order valence-electron chi connectivity index (χ0n) is 28.3. The Balaban J connectivity index is 0.927.